The van der Waals surface area contributed by atoms with E-state index in [9.17, 15) is 4.39 Å². The lowest BCUT2D eigenvalue weighted by Crippen LogP contribution is -2.00. The standard InChI is InChI=1S/C21H28FN/c1-6-10-14(5)16(8-3)17(9-4)20-18-11-12-23-21(18)15(7-2)13-19(20)22/h11-13,23H,5-10H2,1-4H3/b17-16+. The van der Waals surface area contributed by atoms with Gasteiger partial charge in [0.2, 0.25) is 0 Å². The molecule has 2 heteroatoms. The van der Waals surface area contributed by atoms with Crippen molar-refractivity contribution in [2.75, 3.05) is 0 Å². The number of allylic oxidation sites excluding steroid dienone is 3. The molecule has 1 nitrogen and oxygen atoms in total. The molecule has 2 rings (SSSR count). The highest BCUT2D eigenvalue weighted by molar-refractivity contribution is 5.95. The second-order valence-electron chi connectivity index (χ2n) is 6.03. The first-order chi connectivity index (χ1) is 11.1. The zero-order valence-electron chi connectivity index (χ0n) is 14.9. The molecule has 124 valence electrons. The van der Waals surface area contributed by atoms with Crippen LogP contribution in [0.15, 0.2) is 36.1 Å². The van der Waals surface area contributed by atoms with Crippen LogP contribution in [-0.4, -0.2) is 4.98 Å². The predicted molar refractivity (Wildman–Crippen MR) is 99.2 cm³/mol. The summed E-state index contributed by atoms with van der Waals surface area (Å²) in [6.07, 6.45) is 6.47. The molecule has 1 aromatic carbocycles. The molecule has 2 aromatic rings. The lowest BCUT2D eigenvalue weighted by molar-refractivity contribution is 0.623. The summed E-state index contributed by atoms with van der Waals surface area (Å²) in [5.41, 5.74) is 6.33. The van der Waals surface area contributed by atoms with Gasteiger partial charge in [0, 0.05) is 22.7 Å². The number of hydrogen-bond acceptors (Lipinski definition) is 0. The average molecular weight is 313 g/mol. The van der Waals surface area contributed by atoms with E-state index < -0.39 is 0 Å². The number of benzene rings is 1. The van der Waals surface area contributed by atoms with Crippen molar-refractivity contribution in [1.82, 2.24) is 4.98 Å². The Morgan fingerprint density at radius 3 is 2.48 bits per heavy atom. The Bertz CT molecular complexity index is 734. The zero-order valence-corrected chi connectivity index (χ0v) is 14.9. The Labute approximate surface area is 139 Å². The van der Waals surface area contributed by atoms with Crippen molar-refractivity contribution in [3.63, 3.8) is 0 Å². The first kappa shape index (κ1) is 17.5. The highest BCUT2D eigenvalue weighted by Gasteiger charge is 2.18. The smallest absolute Gasteiger partial charge is 0.131 e. The van der Waals surface area contributed by atoms with Gasteiger partial charge in [-0.1, -0.05) is 46.3 Å². The summed E-state index contributed by atoms with van der Waals surface area (Å²) in [7, 11) is 0. The lowest BCUT2D eigenvalue weighted by atomic mass is 9.87. The van der Waals surface area contributed by atoms with Gasteiger partial charge in [0.05, 0.1) is 0 Å². The van der Waals surface area contributed by atoms with Crippen LogP contribution in [0.3, 0.4) is 0 Å². The van der Waals surface area contributed by atoms with Gasteiger partial charge in [-0.2, -0.15) is 0 Å². The Balaban J connectivity index is 2.76. The maximum Gasteiger partial charge on any atom is 0.131 e. The van der Waals surface area contributed by atoms with Crippen LogP contribution < -0.4 is 0 Å². The molecule has 0 aliphatic carbocycles. The summed E-state index contributed by atoms with van der Waals surface area (Å²) < 4.78 is 14.9. The molecule has 0 amide bonds. The first-order valence-corrected chi connectivity index (χ1v) is 8.77. The van der Waals surface area contributed by atoms with Gasteiger partial charge in [-0.15, -0.1) is 0 Å². The zero-order chi connectivity index (χ0) is 17.0. The number of aromatic nitrogens is 1. The number of nitrogens with one attached hydrogen (secondary N) is 1. The summed E-state index contributed by atoms with van der Waals surface area (Å²) in [4.78, 5) is 3.29. The van der Waals surface area contributed by atoms with Crippen LogP contribution in [0, 0.1) is 5.82 Å². The van der Waals surface area contributed by atoms with E-state index in [1.165, 1.54) is 5.57 Å². The Kier molecular flexibility index (Phi) is 5.81. The fourth-order valence-electron chi connectivity index (χ4n) is 3.53. The molecule has 1 aromatic heterocycles. The molecular weight excluding hydrogens is 285 g/mol. The Hall–Kier alpha value is -1.83. The highest BCUT2D eigenvalue weighted by Crippen LogP contribution is 2.36. The third-order valence-electron chi connectivity index (χ3n) is 4.61. The number of aromatic amines is 1. The summed E-state index contributed by atoms with van der Waals surface area (Å²) in [6.45, 7) is 12.7. The van der Waals surface area contributed by atoms with Crippen molar-refractivity contribution in [3.8, 4) is 0 Å². The molecule has 23 heavy (non-hydrogen) atoms. The lowest BCUT2D eigenvalue weighted by Gasteiger charge is -2.18. The molecule has 0 unspecified atom stereocenters. The minimum atomic E-state index is -0.110. The average Bonchev–Trinajstić information content (AvgIpc) is 3.02. The van der Waals surface area contributed by atoms with Crippen molar-refractivity contribution in [3.05, 3.63) is 53.0 Å². The molecular formula is C21H28FN. The quantitative estimate of drug-likeness (QED) is 0.541. The molecule has 0 spiro atoms. The second kappa shape index (κ2) is 7.63. The maximum absolute atomic E-state index is 14.9. The van der Waals surface area contributed by atoms with E-state index in [1.807, 2.05) is 12.3 Å². The molecule has 0 aliphatic heterocycles. The Morgan fingerprint density at radius 1 is 1.17 bits per heavy atom. The van der Waals surface area contributed by atoms with Crippen molar-refractivity contribution in [2.24, 2.45) is 0 Å². The number of rotatable bonds is 7. The van der Waals surface area contributed by atoms with E-state index in [-0.39, 0.29) is 5.82 Å². The van der Waals surface area contributed by atoms with E-state index in [1.54, 1.807) is 6.07 Å². The van der Waals surface area contributed by atoms with Crippen LogP contribution in [0.5, 0.6) is 0 Å². The van der Waals surface area contributed by atoms with Crippen LogP contribution >= 0.6 is 0 Å². The topological polar surface area (TPSA) is 15.8 Å². The minimum Gasteiger partial charge on any atom is -0.361 e. The predicted octanol–water partition coefficient (Wildman–Crippen LogP) is 6.80. The van der Waals surface area contributed by atoms with Crippen molar-refractivity contribution < 1.29 is 4.39 Å². The van der Waals surface area contributed by atoms with Gasteiger partial charge in [-0.3, -0.25) is 0 Å². The molecule has 1 heterocycles. The SMILES string of the molecule is C=C(CCC)/C(CC)=C(\CC)c1c(F)cc(CC)c2[nH]ccc12. The number of hydrogen-bond donors (Lipinski definition) is 1. The summed E-state index contributed by atoms with van der Waals surface area (Å²) in [5, 5.41) is 0.994. The molecule has 0 bridgehead atoms. The highest BCUT2D eigenvalue weighted by atomic mass is 19.1. The molecule has 0 fully saturated rings. The number of fused-ring (bicyclic) bond motifs is 1. The van der Waals surface area contributed by atoms with Gasteiger partial charge in [0.15, 0.2) is 0 Å². The number of aryl methyl sites for hydroxylation is 1. The fourth-order valence-corrected chi connectivity index (χ4v) is 3.53. The van der Waals surface area contributed by atoms with Crippen LogP contribution in [0.2, 0.25) is 0 Å². The normalized spacial score (nSPS) is 12.6. The van der Waals surface area contributed by atoms with Crippen LogP contribution in [0.1, 0.15) is 64.5 Å². The summed E-state index contributed by atoms with van der Waals surface area (Å²) in [6, 6.07) is 3.69. The van der Waals surface area contributed by atoms with Crippen molar-refractivity contribution in [1.29, 1.82) is 0 Å². The van der Waals surface area contributed by atoms with Crippen LogP contribution in [0.4, 0.5) is 4.39 Å². The first-order valence-electron chi connectivity index (χ1n) is 8.77. The largest absolute Gasteiger partial charge is 0.361 e. The van der Waals surface area contributed by atoms with Gasteiger partial charge in [0.1, 0.15) is 5.82 Å². The van der Waals surface area contributed by atoms with Crippen molar-refractivity contribution in [2.45, 2.75) is 59.8 Å². The molecule has 0 saturated carbocycles. The molecule has 0 atom stereocenters. The monoisotopic (exact) mass is 313 g/mol. The van der Waals surface area contributed by atoms with Gasteiger partial charge in [-0.05, 0) is 54.5 Å². The van der Waals surface area contributed by atoms with E-state index >= 15 is 0 Å². The number of halogens is 1. The van der Waals surface area contributed by atoms with Gasteiger partial charge >= 0.3 is 0 Å². The van der Waals surface area contributed by atoms with Gasteiger partial charge < -0.3 is 4.98 Å². The summed E-state index contributed by atoms with van der Waals surface area (Å²) in [5.74, 6) is -0.110. The van der Waals surface area contributed by atoms with E-state index in [0.717, 1.165) is 65.3 Å². The molecule has 0 radical (unpaired) electrons. The third-order valence-corrected chi connectivity index (χ3v) is 4.61. The minimum absolute atomic E-state index is 0.110. The van der Waals surface area contributed by atoms with Gasteiger partial charge in [-0.25, -0.2) is 4.39 Å². The van der Waals surface area contributed by atoms with Gasteiger partial charge in [0.25, 0.3) is 0 Å². The van der Waals surface area contributed by atoms with Crippen LogP contribution in [-0.2, 0) is 6.42 Å². The molecule has 1 N–H and O–H groups in total. The molecule has 0 saturated heterocycles. The maximum atomic E-state index is 14.9. The molecule has 0 aliphatic rings. The Morgan fingerprint density at radius 2 is 1.91 bits per heavy atom. The third kappa shape index (κ3) is 3.26. The fraction of sp³-hybridized carbons (Fsp3) is 0.429. The van der Waals surface area contributed by atoms with E-state index in [4.69, 9.17) is 0 Å². The summed E-state index contributed by atoms with van der Waals surface area (Å²) >= 11 is 0. The number of H-pyrrole nitrogens is 1. The van der Waals surface area contributed by atoms with E-state index in [2.05, 4.69) is 39.3 Å². The van der Waals surface area contributed by atoms with Crippen LogP contribution in [0.25, 0.3) is 16.5 Å². The van der Waals surface area contributed by atoms with E-state index in [0.29, 0.717) is 0 Å². The second-order valence-corrected chi connectivity index (χ2v) is 6.03. The van der Waals surface area contributed by atoms with Crippen molar-refractivity contribution >= 4 is 16.5 Å².